The molecule has 0 aliphatic carbocycles. The minimum Gasteiger partial charge on any atom is -0.484 e. The van der Waals surface area contributed by atoms with Crippen LogP contribution in [-0.4, -0.2) is 35.4 Å². The van der Waals surface area contributed by atoms with Crippen molar-refractivity contribution in [3.8, 4) is 5.75 Å². The fraction of sp³-hybridized carbons (Fsp3) is 0.333. The first-order valence-electron chi connectivity index (χ1n) is 12.4. The molecule has 0 aliphatic heterocycles. The number of aryl methyl sites for hydroxylation is 2. The van der Waals surface area contributed by atoms with Gasteiger partial charge in [0.15, 0.2) is 6.61 Å². The summed E-state index contributed by atoms with van der Waals surface area (Å²) in [7, 11) is 0. The van der Waals surface area contributed by atoms with Gasteiger partial charge >= 0.3 is 0 Å². The van der Waals surface area contributed by atoms with Crippen LogP contribution in [0.1, 0.15) is 42.5 Å². The number of carbonyl (C=O) groups excluding carboxylic acids is 2. The molecule has 0 heterocycles. The molecule has 0 aliphatic rings. The number of halogens is 1. The van der Waals surface area contributed by atoms with Crippen molar-refractivity contribution in [2.24, 2.45) is 0 Å². The van der Waals surface area contributed by atoms with Gasteiger partial charge in [-0.05, 0) is 67.6 Å². The quantitative estimate of drug-likeness (QED) is 0.352. The number of ether oxygens (including phenoxy) is 1. The van der Waals surface area contributed by atoms with Crippen molar-refractivity contribution < 1.29 is 14.3 Å². The largest absolute Gasteiger partial charge is 0.484 e. The van der Waals surface area contributed by atoms with Crippen molar-refractivity contribution in [2.45, 2.75) is 59.2 Å². The van der Waals surface area contributed by atoms with Crippen LogP contribution in [-0.2, 0) is 22.6 Å². The minimum atomic E-state index is -0.691. The smallest absolute Gasteiger partial charge is 0.261 e. The lowest BCUT2D eigenvalue weighted by Gasteiger charge is -2.32. The lowest BCUT2D eigenvalue weighted by Crippen LogP contribution is -2.53. The molecular weight excluding hydrogens is 472 g/mol. The highest BCUT2D eigenvalue weighted by Gasteiger charge is 2.31. The topological polar surface area (TPSA) is 58.6 Å². The molecule has 0 radical (unpaired) electrons. The summed E-state index contributed by atoms with van der Waals surface area (Å²) in [4.78, 5) is 28.9. The van der Waals surface area contributed by atoms with Crippen molar-refractivity contribution in [2.75, 3.05) is 6.61 Å². The predicted octanol–water partition coefficient (Wildman–Crippen LogP) is 5.89. The number of hydrogen-bond donors (Lipinski definition) is 1. The Morgan fingerprint density at radius 2 is 1.67 bits per heavy atom. The highest BCUT2D eigenvalue weighted by molar-refractivity contribution is 6.31. The van der Waals surface area contributed by atoms with Crippen molar-refractivity contribution in [1.82, 2.24) is 10.2 Å². The maximum absolute atomic E-state index is 13.7. The maximum Gasteiger partial charge on any atom is 0.261 e. The van der Waals surface area contributed by atoms with Crippen LogP contribution in [0, 0.1) is 13.8 Å². The van der Waals surface area contributed by atoms with Crippen LogP contribution in [0.25, 0.3) is 0 Å². The van der Waals surface area contributed by atoms with Crippen LogP contribution in [0.5, 0.6) is 5.75 Å². The van der Waals surface area contributed by atoms with Crippen LogP contribution in [0.4, 0.5) is 0 Å². The Hall–Kier alpha value is -3.31. The van der Waals surface area contributed by atoms with Gasteiger partial charge in [-0.15, -0.1) is 0 Å². The van der Waals surface area contributed by atoms with E-state index < -0.39 is 6.04 Å². The summed E-state index contributed by atoms with van der Waals surface area (Å²) in [5.41, 5.74) is 3.90. The first-order valence-corrected chi connectivity index (χ1v) is 12.7. The molecule has 6 heteroatoms. The van der Waals surface area contributed by atoms with E-state index in [4.69, 9.17) is 16.3 Å². The van der Waals surface area contributed by atoms with Crippen LogP contribution >= 0.6 is 11.6 Å². The molecule has 0 saturated heterocycles. The molecule has 2 atom stereocenters. The van der Waals surface area contributed by atoms with Gasteiger partial charge in [-0.25, -0.2) is 0 Å². The lowest BCUT2D eigenvalue weighted by molar-refractivity contribution is -0.143. The molecule has 0 spiro atoms. The Labute approximate surface area is 219 Å². The second kappa shape index (κ2) is 13.1. The van der Waals surface area contributed by atoms with E-state index in [9.17, 15) is 9.59 Å². The Balaban J connectivity index is 1.92. The van der Waals surface area contributed by atoms with Gasteiger partial charge in [-0.1, -0.05) is 73.1 Å². The first kappa shape index (κ1) is 27.3. The van der Waals surface area contributed by atoms with Gasteiger partial charge < -0.3 is 15.0 Å². The van der Waals surface area contributed by atoms with Crippen LogP contribution < -0.4 is 10.1 Å². The predicted molar refractivity (Wildman–Crippen MR) is 145 cm³/mol. The van der Waals surface area contributed by atoms with Gasteiger partial charge in [-0.2, -0.15) is 0 Å². The molecule has 0 aromatic heterocycles. The van der Waals surface area contributed by atoms with Crippen LogP contribution in [0.2, 0.25) is 5.02 Å². The van der Waals surface area contributed by atoms with Crippen LogP contribution in [0.15, 0.2) is 72.8 Å². The molecule has 0 unspecified atom stereocenters. The van der Waals surface area contributed by atoms with Gasteiger partial charge in [0.05, 0.1) is 0 Å². The zero-order valence-electron chi connectivity index (χ0n) is 21.5. The summed E-state index contributed by atoms with van der Waals surface area (Å²) in [5, 5.41) is 3.72. The molecule has 0 bridgehead atoms. The molecule has 0 saturated carbocycles. The number of nitrogens with zero attached hydrogens (tertiary/aromatic N) is 1. The van der Waals surface area contributed by atoms with Crippen molar-refractivity contribution in [3.05, 3.63) is 100 Å². The Morgan fingerprint density at radius 1 is 0.972 bits per heavy atom. The summed E-state index contributed by atoms with van der Waals surface area (Å²) in [6, 6.07) is 22.3. The molecule has 36 heavy (non-hydrogen) atoms. The zero-order chi connectivity index (χ0) is 26.1. The first-order chi connectivity index (χ1) is 17.3. The summed E-state index contributed by atoms with van der Waals surface area (Å²) in [6.45, 7) is 8.01. The fourth-order valence-electron chi connectivity index (χ4n) is 3.90. The minimum absolute atomic E-state index is 0.000482. The summed E-state index contributed by atoms with van der Waals surface area (Å²) >= 11 is 6.13. The van der Waals surface area contributed by atoms with E-state index in [1.807, 2.05) is 82.3 Å². The van der Waals surface area contributed by atoms with E-state index in [0.717, 1.165) is 28.7 Å². The molecule has 3 aromatic carbocycles. The van der Waals surface area contributed by atoms with Gasteiger partial charge in [0.1, 0.15) is 11.8 Å². The lowest BCUT2D eigenvalue weighted by atomic mass is 10.0. The molecule has 1 N–H and O–H groups in total. The number of nitrogens with one attached hydrogen (secondary N) is 1. The third-order valence-electron chi connectivity index (χ3n) is 6.37. The van der Waals surface area contributed by atoms with Crippen molar-refractivity contribution in [1.29, 1.82) is 0 Å². The van der Waals surface area contributed by atoms with E-state index in [-0.39, 0.29) is 24.5 Å². The third-order valence-corrected chi connectivity index (χ3v) is 6.79. The average molecular weight is 507 g/mol. The Kier molecular flexibility index (Phi) is 9.95. The maximum atomic E-state index is 13.7. The average Bonchev–Trinajstić information content (AvgIpc) is 2.88. The highest BCUT2D eigenvalue weighted by Crippen LogP contribution is 2.22. The number of rotatable bonds is 11. The summed E-state index contributed by atoms with van der Waals surface area (Å²) in [6.07, 6.45) is 1.20. The second-order valence-corrected chi connectivity index (χ2v) is 9.58. The Morgan fingerprint density at radius 3 is 2.33 bits per heavy atom. The molecule has 2 amide bonds. The highest BCUT2D eigenvalue weighted by atomic mass is 35.5. The summed E-state index contributed by atoms with van der Waals surface area (Å²) in [5.74, 6) is 0.133. The number of amides is 2. The van der Waals surface area contributed by atoms with Gasteiger partial charge in [-0.3, -0.25) is 9.59 Å². The fourth-order valence-corrected chi connectivity index (χ4v) is 4.02. The van der Waals surface area contributed by atoms with Crippen LogP contribution in [0.3, 0.4) is 0 Å². The molecule has 5 nitrogen and oxygen atoms in total. The van der Waals surface area contributed by atoms with E-state index in [1.165, 1.54) is 0 Å². The van der Waals surface area contributed by atoms with E-state index in [1.54, 1.807) is 23.1 Å². The van der Waals surface area contributed by atoms with Gasteiger partial charge in [0, 0.05) is 24.0 Å². The Bertz CT molecular complexity index is 1170. The zero-order valence-corrected chi connectivity index (χ0v) is 22.2. The number of carbonyl (C=O) groups is 2. The third kappa shape index (κ3) is 7.59. The SMILES string of the molecule is CC[C@H](C)NC(=O)[C@H](Cc1ccccc1)N(Cc1ccccc1C)C(=O)COc1ccc(Cl)c(C)c1. The van der Waals surface area contributed by atoms with Gasteiger partial charge in [0.25, 0.3) is 5.91 Å². The van der Waals surface area contributed by atoms with Gasteiger partial charge in [0.2, 0.25) is 5.91 Å². The van der Waals surface area contributed by atoms with Crippen molar-refractivity contribution >= 4 is 23.4 Å². The normalized spacial score (nSPS) is 12.5. The number of hydrogen-bond acceptors (Lipinski definition) is 3. The molecule has 3 rings (SSSR count). The molecule has 190 valence electrons. The molecule has 0 fully saturated rings. The van der Waals surface area contributed by atoms with E-state index in [0.29, 0.717) is 23.7 Å². The standard InChI is InChI=1S/C30H35ClN2O3/c1-5-23(4)32-30(35)28(18-24-12-7-6-8-13-24)33(19-25-14-10-9-11-21(25)2)29(34)20-36-26-15-16-27(31)22(3)17-26/h6-17,23,28H,5,18-20H2,1-4H3,(H,32,35)/t23-,28-/m0/s1. The van der Waals surface area contributed by atoms with Crippen molar-refractivity contribution in [3.63, 3.8) is 0 Å². The second-order valence-electron chi connectivity index (χ2n) is 9.17. The van der Waals surface area contributed by atoms with E-state index >= 15 is 0 Å². The summed E-state index contributed by atoms with van der Waals surface area (Å²) < 4.78 is 5.85. The number of benzene rings is 3. The molecular formula is C30H35ClN2O3. The monoisotopic (exact) mass is 506 g/mol. The molecule has 3 aromatic rings. The van der Waals surface area contributed by atoms with E-state index in [2.05, 4.69) is 5.32 Å².